The fourth-order valence-corrected chi connectivity index (χ4v) is 4.49. The molecule has 0 aliphatic heterocycles. The van der Waals surface area contributed by atoms with E-state index < -0.39 is 11.8 Å². The Kier molecular flexibility index (Phi) is 7.79. The van der Waals surface area contributed by atoms with E-state index in [9.17, 15) is 14.4 Å². The van der Waals surface area contributed by atoms with E-state index >= 15 is 0 Å². The molecule has 7 nitrogen and oxygen atoms in total. The standard InChI is InChI=1S/C22H21ClN4O3S2/c1-12-7-8-15(13(2)11-12)24-17(28)9-10-18(29)26-27-22(31)25-21(30)20-19(23)14-5-3-4-6-16(14)32-20/h3-8,11H,9-10H2,1-2H3,(H,24,28)(H,26,29)(H2,25,27,30,31). The Morgan fingerprint density at radius 3 is 2.44 bits per heavy atom. The van der Waals surface area contributed by atoms with Gasteiger partial charge in [-0.1, -0.05) is 47.5 Å². The maximum absolute atomic E-state index is 12.4. The lowest BCUT2D eigenvalue weighted by Gasteiger charge is -2.11. The maximum atomic E-state index is 12.4. The summed E-state index contributed by atoms with van der Waals surface area (Å²) in [5.74, 6) is -1.20. The minimum atomic E-state index is -0.476. The molecule has 1 heterocycles. The Balaban J connectivity index is 1.43. The zero-order valence-electron chi connectivity index (χ0n) is 17.4. The van der Waals surface area contributed by atoms with Crippen LogP contribution >= 0.6 is 35.2 Å². The van der Waals surface area contributed by atoms with Crippen molar-refractivity contribution in [3.05, 3.63) is 63.5 Å². The highest BCUT2D eigenvalue weighted by atomic mass is 35.5. The molecule has 3 amide bonds. The molecular formula is C22H21ClN4O3S2. The summed E-state index contributed by atoms with van der Waals surface area (Å²) < 4.78 is 0.883. The van der Waals surface area contributed by atoms with Crippen LogP contribution in [0.2, 0.25) is 5.02 Å². The minimum absolute atomic E-state index is 0.00264. The monoisotopic (exact) mass is 488 g/mol. The minimum Gasteiger partial charge on any atom is -0.326 e. The Labute approximate surface area is 199 Å². The molecule has 0 spiro atoms. The van der Waals surface area contributed by atoms with E-state index in [0.717, 1.165) is 21.2 Å². The van der Waals surface area contributed by atoms with Crippen molar-refractivity contribution in [3.8, 4) is 0 Å². The third-order valence-corrected chi connectivity index (χ3v) is 6.40. The number of fused-ring (bicyclic) bond motifs is 1. The Bertz CT molecular complexity index is 1210. The molecule has 0 atom stereocenters. The first-order valence-corrected chi connectivity index (χ1v) is 11.3. The van der Waals surface area contributed by atoms with Crippen LogP contribution in [-0.4, -0.2) is 22.8 Å². The molecule has 0 unspecified atom stereocenters. The summed E-state index contributed by atoms with van der Waals surface area (Å²) in [6.45, 7) is 3.88. The summed E-state index contributed by atoms with van der Waals surface area (Å²) >= 11 is 12.6. The molecule has 166 valence electrons. The number of carbonyl (C=O) groups excluding carboxylic acids is 3. The number of nitrogens with one attached hydrogen (secondary N) is 4. The molecule has 1 aromatic heterocycles. The topological polar surface area (TPSA) is 99.3 Å². The van der Waals surface area contributed by atoms with Crippen LogP contribution in [-0.2, 0) is 9.59 Å². The average Bonchev–Trinajstić information content (AvgIpc) is 3.10. The van der Waals surface area contributed by atoms with Crippen LogP contribution in [0.25, 0.3) is 10.1 Å². The molecule has 32 heavy (non-hydrogen) atoms. The fourth-order valence-electron chi connectivity index (χ4n) is 2.93. The SMILES string of the molecule is Cc1ccc(NC(=O)CCC(=O)NNC(=S)NC(=O)c2sc3ccccc3c2Cl)c(C)c1. The smallest absolute Gasteiger partial charge is 0.269 e. The van der Waals surface area contributed by atoms with E-state index in [0.29, 0.717) is 15.6 Å². The van der Waals surface area contributed by atoms with Crippen LogP contribution in [0.3, 0.4) is 0 Å². The van der Waals surface area contributed by atoms with Gasteiger partial charge in [-0.05, 0) is 43.8 Å². The molecule has 10 heteroatoms. The van der Waals surface area contributed by atoms with Gasteiger partial charge in [0.15, 0.2) is 5.11 Å². The average molecular weight is 489 g/mol. The van der Waals surface area contributed by atoms with Gasteiger partial charge in [-0.15, -0.1) is 11.3 Å². The van der Waals surface area contributed by atoms with E-state index in [1.165, 1.54) is 11.3 Å². The van der Waals surface area contributed by atoms with Crippen LogP contribution in [0.4, 0.5) is 5.69 Å². The number of amides is 3. The number of thiocarbonyl (C=S) groups is 1. The van der Waals surface area contributed by atoms with Gasteiger partial charge in [0.05, 0.1) is 5.02 Å². The van der Waals surface area contributed by atoms with Gasteiger partial charge in [-0.25, -0.2) is 0 Å². The third-order valence-electron chi connectivity index (χ3n) is 4.52. The number of benzene rings is 2. The second kappa shape index (κ2) is 10.5. The molecule has 3 rings (SSSR count). The molecule has 0 fully saturated rings. The predicted octanol–water partition coefficient (Wildman–Crippen LogP) is 4.23. The number of thiophene rings is 1. The largest absolute Gasteiger partial charge is 0.326 e. The number of hydrazine groups is 1. The number of halogens is 1. The van der Waals surface area contributed by atoms with Crippen LogP contribution in [0.15, 0.2) is 42.5 Å². The van der Waals surface area contributed by atoms with Crippen molar-refractivity contribution in [2.24, 2.45) is 0 Å². The van der Waals surface area contributed by atoms with Crippen LogP contribution in [0, 0.1) is 13.8 Å². The van der Waals surface area contributed by atoms with E-state index in [2.05, 4.69) is 21.5 Å². The first kappa shape index (κ1) is 23.6. The zero-order valence-corrected chi connectivity index (χ0v) is 19.8. The van der Waals surface area contributed by atoms with Crippen LogP contribution in [0.1, 0.15) is 33.6 Å². The van der Waals surface area contributed by atoms with Gasteiger partial charge in [0.25, 0.3) is 5.91 Å². The molecule has 0 saturated heterocycles. The normalized spacial score (nSPS) is 10.5. The summed E-state index contributed by atoms with van der Waals surface area (Å²) in [4.78, 5) is 36.9. The van der Waals surface area contributed by atoms with Gasteiger partial charge >= 0.3 is 0 Å². The summed E-state index contributed by atoms with van der Waals surface area (Å²) in [7, 11) is 0. The first-order chi connectivity index (χ1) is 15.2. The van der Waals surface area contributed by atoms with Crippen molar-refractivity contribution in [2.45, 2.75) is 26.7 Å². The molecule has 4 N–H and O–H groups in total. The number of hydrogen-bond donors (Lipinski definition) is 4. The van der Waals surface area contributed by atoms with Crippen LogP contribution in [0.5, 0.6) is 0 Å². The molecular weight excluding hydrogens is 468 g/mol. The highest BCUT2D eigenvalue weighted by Gasteiger charge is 2.18. The van der Waals surface area contributed by atoms with Gasteiger partial charge in [0.1, 0.15) is 4.88 Å². The summed E-state index contributed by atoms with van der Waals surface area (Å²) in [6.07, 6.45) is -0.0558. The molecule has 0 aliphatic rings. The fraction of sp³-hybridized carbons (Fsp3) is 0.182. The predicted molar refractivity (Wildman–Crippen MR) is 132 cm³/mol. The number of rotatable bonds is 5. The Hall–Kier alpha value is -3.01. The van der Waals surface area contributed by atoms with Crippen molar-refractivity contribution in [3.63, 3.8) is 0 Å². The van der Waals surface area contributed by atoms with Gasteiger partial charge in [0.2, 0.25) is 11.8 Å². The maximum Gasteiger partial charge on any atom is 0.269 e. The Morgan fingerprint density at radius 2 is 1.72 bits per heavy atom. The third kappa shape index (κ3) is 6.03. The van der Waals surface area contributed by atoms with Crippen molar-refractivity contribution < 1.29 is 14.4 Å². The molecule has 3 aromatic rings. The summed E-state index contributed by atoms with van der Waals surface area (Å²) in [5.41, 5.74) is 7.58. The molecule has 0 saturated carbocycles. The van der Waals surface area contributed by atoms with Crippen LogP contribution < -0.4 is 21.5 Å². The lowest BCUT2D eigenvalue weighted by atomic mass is 10.1. The number of carbonyl (C=O) groups is 3. The van der Waals surface area contributed by atoms with Crippen molar-refractivity contribution >= 4 is 73.8 Å². The van der Waals surface area contributed by atoms with E-state index in [-0.39, 0.29) is 23.9 Å². The van der Waals surface area contributed by atoms with Crippen molar-refractivity contribution in [2.75, 3.05) is 5.32 Å². The van der Waals surface area contributed by atoms with Gasteiger partial charge in [-0.3, -0.25) is 30.6 Å². The highest BCUT2D eigenvalue weighted by Crippen LogP contribution is 2.34. The van der Waals surface area contributed by atoms with Crippen molar-refractivity contribution in [1.82, 2.24) is 16.2 Å². The van der Waals surface area contributed by atoms with E-state index in [1.807, 2.05) is 56.3 Å². The summed E-state index contributed by atoms with van der Waals surface area (Å²) in [6, 6.07) is 13.1. The van der Waals surface area contributed by atoms with E-state index in [1.54, 1.807) is 0 Å². The van der Waals surface area contributed by atoms with E-state index in [4.69, 9.17) is 23.8 Å². The molecule has 0 aliphatic carbocycles. The first-order valence-electron chi connectivity index (χ1n) is 9.69. The second-order valence-electron chi connectivity index (χ2n) is 7.06. The van der Waals surface area contributed by atoms with Gasteiger partial charge < -0.3 is 5.32 Å². The zero-order chi connectivity index (χ0) is 23.3. The lowest BCUT2D eigenvalue weighted by molar-refractivity contribution is -0.124. The van der Waals surface area contributed by atoms with Crippen molar-refractivity contribution in [1.29, 1.82) is 0 Å². The lowest BCUT2D eigenvalue weighted by Crippen LogP contribution is -2.48. The Morgan fingerprint density at radius 1 is 1.00 bits per heavy atom. The number of anilines is 1. The number of hydrogen-bond acceptors (Lipinski definition) is 5. The molecule has 0 bridgehead atoms. The van der Waals surface area contributed by atoms with Gasteiger partial charge in [-0.2, -0.15) is 0 Å². The van der Waals surface area contributed by atoms with Gasteiger partial charge in [0, 0.05) is 28.6 Å². The molecule has 0 radical (unpaired) electrons. The highest BCUT2D eigenvalue weighted by molar-refractivity contribution is 7.80. The summed E-state index contributed by atoms with van der Waals surface area (Å²) in [5, 5.41) is 6.31. The quantitative estimate of drug-likeness (QED) is 0.318. The second-order valence-corrected chi connectivity index (χ2v) is 8.90. The molecule has 2 aromatic carbocycles. The number of aryl methyl sites for hydroxylation is 2.